The van der Waals surface area contributed by atoms with Crippen LogP contribution in [0.3, 0.4) is 0 Å². The highest BCUT2D eigenvalue weighted by Gasteiger charge is 2.21. The molecule has 0 aliphatic carbocycles. The SMILES string of the molecule is CCCC(C)C(NC)C(=O)O. The van der Waals surface area contributed by atoms with E-state index in [1.165, 1.54) is 0 Å². The predicted molar refractivity (Wildman–Crippen MR) is 44.6 cm³/mol. The molecule has 0 radical (unpaired) electrons. The Labute approximate surface area is 67.8 Å². The van der Waals surface area contributed by atoms with Gasteiger partial charge in [-0.05, 0) is 19.4 Å². The van der Waals surface area contributed by atoms with Gasteiger partial charge in [-0.3, -0.25) is 4.79 Å². The molecule has 0 bridgehead atoms. The number of hydrogen-bond donors (Lipinski definition) is 2. The molecule has 66 valence electrons. The Morgan fingerprint density at radius 2 is 2.18 bits per heavy atom. The zero-order valence-electron chi connectivity index (χ0n) is 7.42. The molecule has 0 rings (SSSR count). The van der Waals surface area contributed by atoms with E-state index < -0.39 is 12.0 Å². The van der Waals surface area contributed by atoms with E-state index in [4.69, 9.17) is 5.11 Å². The minimum absolute atomic E-state index is 0.211. The molecule has 0 aromatic heterocycles. The van der Waals surface area contributed by atoms with Crippen molar-refractivity contribution in [3.63, 3.8) is 0 Å². The molecule has 0 heterocycles. The van der Waals surface area contributed by atoms with E-state index in [9.17, 15) is 4.79 Å². The Hall–Kier alpha value is -0.570. The van der Waals surface area contributed by atoms with Gasteiger partial charge in [-0.2, -0.15) is 0 Å². The summed E-state index contributed by atoms with van der Waals surface area (Å²) in [5.74, 6) is -0.545. The van der Waals surface area contributed by atoms with Gasteiger partial charge >= 0.3 is 5.97 Å². The maximum absolute atomic E-state index is 10.6. The average molecular weight is 159 g/mol. The molecule has 2 N–H and O–H groups in total. The van der Waals surface area contributed by atoms with Crippen LogP contribution in [0.2, 0.25) is 0 Å². The maximum Gasteiger partial charge on any atom is 0.320 e. The van der Waals surface area contributed by atoms with E-state index in [1.54, 1.807) is 7.05 Å². The first-order valence-electron chi connectivity index (χ1n) is 4.03. The van der Waals surface area contributed by atoms with E-state index in [2.05, 4.69) is 12.2 Å². The van der Waals surface area contributed by atoms with Crippen molar-refractivity contribution in [3.8, 4) is 0 Å². The standard InChI is InChI=1S/C8H17NO2/c1-4-5-6(2)7(9-3)8(10)11/h6-7,9H,4-5H2,1-3H3,(H,10,11). The van der Waals surface area contributed by atoms with Crippen molar-refractivity contribution in [2.24, 2.45) is 5.92 Å². The van der Waals surface area contributed by atoms with Gasteiger partial charge in [0, 0.05) is 0 Å². The van der Waals surface area contributed by atoms with Gasteiger partial charge in [0.1, 0.15) is 6.04 Å². The van der Waals surface area contributed by atoms with Gasteiger partial charge in [-0.15, -0.1) is 0 Å². The quantitative estimate of drug-likeness (QED) is 0.631. The van der Waals surface area contributed by atoms with E-state index in [0.29, 0.717) is 0 Å². The molecule has 0 saturated heterocycles. The lowest BCUT2D eigenvalue weighted by Crippen LogP contribution is -2.39. The average Bonchev–Trinajstić information content (AvgIpc) is 1.88. The molecule has 2 unspecified atom stereocenters. The number of carbonyl (C=O) groups is 1. The van der Waals surface area contributed by atoms with Gasteiger partial charge in [0.2, 0.25) is 0 Å². The van der Waals surface area contributed by atoms with Crippen LogP contribution in [-0.4, -0.2) is 24.2 Å². The largest absolute Gasteiger partial charge is 0.480 e. The Bertz CT molecular complexity index is 125. The highest BCUT2D eigenvalue weighted by atomic mass is 16.4. The van der Waals surface area contributed by atoms with Crippen molar-refractivity contribution >= 4 is 5.97 Å². The summed E-state index contributed by atoms with van der Waals surface area (Å²) < 4.78 is 0. The molecule has 0 spiro atoms. The molecule has 2 atom stereocenters. The summed E-state index contributed by atoms with van der Waals surface area (Å²) in [4.78, 5) is 10.6. The minimum Gasteiger partial charge on any atom is -0.480 e. The summed E-state index contributed by atoms with van der Waals surface area (Å²) in [5, 5.41) is 11.5. The fourth-order valence-corrected chi connectivity index (χ4v) is 1.27. The van der Waals surface area contributed by atoms with Crippen LogP contribution in [0, 0.1) is 5.92 Å². The lowest BCUT2D eigenvalue weighted by molar-refractivity contribution is -0.140. The zero-order valence-corrected chi connectivity index (χ0v) is 7.42. The number of carboxylic acid groups (broad SMARTS) is 1. The third-order valence-corrected chi connectivity index (χ3v) is 1.89. The molecule has 0 amide bonds. The molecule has 0 aromatic rings. The van der Waals surface area contributed by atoms with Crippen molar-refractivity contribution in [3.05, 3.63) is 0 Å². The summed E-state index contributed by atoms with van der Waals surface area (Å²) >= 11 is 0. The van der Waals surface area contributed by atoms with Crippen LogP contribution in [0.15, 0.2) is 0 Å². The van der Waals surface area contributed by atoms with E-state index >= 15 is 0 Å². The third kappa shape index (κ3) is 3.37. The zero-order chi connectivity index (χ0) is 8.85. The van der Waals surface area contributed by atoms with Crippen molar-refractivity contribution in [1.29, 1.82) is 0 Å². The van der Waals surface area contributed by atoms with Gasteiger partial charge in [0.15, 0.2) is 0 Å². The Balaban J connectivity index is 3.91. The van der Waals surface area contributed by atoms with Gasteiger partial charge in [-0.25, -0.2) is 0 Å². The van der Waals surface area contributed by atoms with Crippen LogP contribution in [0.25, 0.3) is 0 Å². The van der Waals surface area contributed by atoms with Crippen molar-refractivity contribution in [2.45, 2.75) is 32.7 Å². The Morgan fingerprint density at radius 3 is 2.45 bits per heavy atom. The number of carboxylic acids is 1. The van der Waals surface area contributed by atoms with E-state index in [0.717, 1.165) is 12.8 Å². The Kier molecular flexibility index (Phi) is 4.86. The molecule has 3 heteroatoms. The summed E-state index contributed by atoms with van der Waals surface area (Å²) in [6.45, 7) is 4.02. The lowest BCUT2D eigenvalue weighted by atomic mass is 9.97. The van der Waals surface area contributed by atoms with Crippen molar-refractivity contribution in [1.82, 2.24) is 5.32 Å². The van der Waals surface area contributed by atoms with Crippen molar-refractivity contribution in [2.75, 3.05) is 7.05 Å². The normalized spacial score (nSPS) is 15.9. The number of nitrogens with one attached hydrogen (secondary N) is 1. The molecule has 0 aliphatic heterocycles. The molecule has 0 saturated carbocycles. The van der Waals surface area contributed by atoms with Crippen molar-refractivity contribution < 1.29 is 9.90 Å². The molecule has 0 fully saturated rings. The van der Waals surface area contributed by atoms with Crippen LogP contribution in [0.5, 0.6) is 0 Å². The lowest BCUT2D eigenvalue weighted by Gasteiger charge is -2.18. The van der Waals surface area contributed by atoms with Crippen LogP contribution in [-0.2, 0) is 4.79 Å². The number of aliphatic carboxylic acids is 1. The third-order valence-electron chi connectivity index (χ3n) is 1.89. The predicted octanol–water partition coefficient (Wildman–Crippen LogP) is 1.10. The highest BCUT2D eigenvalue weighted by molar-refractivity contribution is 5.73. The summed E-state index contributed by atoms with van der Waals surface area (Å²) in [5.41, 5.74) is 0. The van der Waals surface area contributed by atoms with E-state index in [1.807, 2.05) is 6.92 Å². The van der Waals surface area contributed by atoms with Gasteiger partial charge in [0.05, 0.1) is 0 Å². The van der Waals surface area contributed by atoms with Gasteiger partial charge < -0.3 is 10.4 Å². The summed E-state index contributed by atoms with van der Waals surface area (Å²) in [6, 6.07) is -0.394. The second kappa shape index (κ2) is 5.13. The second-order valence-electron chi connectivity index (χ2n) is 2.87. The number of likely N-dealkylation sites (N-methyl/N-ethyl adjacent to an activating group) is 1. The van der Waals surface area contributed by atoms with Gasteiger partial charge in [-0.1, -0.05) is 20.3 Å². The Morgan fingerprint density at radius 1 is 1.64 bits per heavy atom. The molecule has 3 nitrogen and oxygen atoms in total. The maximum atomic E-state index is 10.6. The van der Waals surface area contributed by atoms with Crippen LogP contribution < -0.4 is 5.32 Å². The molecule has 0 aliphatic rings. The smallest absolute Gasteiger partial charge is 0.320 e. The molecule has 0 aromatic carbocycles. The van der Waals surface area contributed by atoms with Gasteiger partial charge in [0.25, 0.3) is 0 Å². The number of rotatable bonds is 5. The highest BCUT2D eigenvalue weighted by Crippen LogP contribution is 2.09. The fraction of sp³-hybridized carbons (Fsp3) is 0.875. The summed E-state index contributed by atoms with van der Waals surface area (Å²) in [7, 11) is 1.69. The monoisotopic (exact) mass is 159 g/mol. The first-order chi connectivity index (χ1) is 5.13. The summed E-state index contributed by atoms with van der Waals surface area (Å²) in [6.07, 6.45) is 1.99. The van der Waals surface area contributed by atoms with Crippen LogP contribution >= 0.6 is 0 Å². The molecular formula is C8H17NO2. The first kappa shape index (κ1) is 10.4. The van der Waals surface area contributed by atoms with Crippen LogP contribution in [0.4, 0.5) is 0 Å². The second-order valence-corrected chi connectivity index (χ2v) is 2.87. The molecule has 11 heavy (non-hydrogen) atoms. The molecular weight excluding hydrogens is 142 g/mol. The van der Waals surface area contributed by atoms with E-state index in [-0.39, 0.29) is 5.92 Å². The minimum atomic E-state index is -0.756. The van der Waals surface area contributed by atoms with Crippen LogP contribution in [0.1, 0.15) is 26.7 Å². The number of hydrogen-bond acceptors (Lipinski definition) is 2. The fourth-order valence-electron chi connectivity index (χ4n) is 1.27. The topological polar surface area (TPSA) is 49.3 Å². The first-order valence-corrected chi connectivity index (χ1v) is 4.03.